The van der Waals surface area contributed by atoms with E-state index in [-0.39, 0.29) is 5.41 Å². The van der Waals surface area contributed by atoms with Crippen molar-refractivity contribution in [3.05, 3.63) is 119 Å². The maximum absolute atomic E-state index is 6.70. The first-order valence-corrected chi connectivity index (χ1v) is 11.8. The number of nitrogens with zero attached hydrogens (tertiary/aromatic N) is 2. The van der Waals surface area contributed by atoms with E-state index in [0.29, 0.717) is 10.8 Å². The van der Waals surface area contributed by atoms with Crippen LogP contribution in [0.15, 0.2) is 103 Å². The average Bonchev–Trinajstić information content (AvgIpc) is 3.11. The molecule has 0 N–H and O–H groups in total. The maximum Gasteiger partial charge on any atom is 0.156 e. The van der Waals surface area contributed by atoms with Crippen molar-refractivity contribution < 1.29 is 0 Å². The summed E-state index contributed by atoms with van der Waals surface area (Å²) in [6.45, 7) is 4.59. The molecule has 0 saturated heterocycles. The minimum Gasteiger partial charge on any atom is -0.242 e. The lowest BCUT2D eigenvalue weighted by Gasteiger charge is -2.22. The van der Waals surface area contributed by atoms with E-state index >= 15 is 0 Å². The van der Waals surface area contributed by atoms with E-state index in [4.69, 9.17) is 21.6 Å². The van der Waals surface area contributed by atoms with Crippen molar-refractivity contribution in [1.29, 1.82) is 0 Å². The van der Waals surface area contributed by atoms with E-state index in [2.05, 4.69) is 68.4 Å². The Labute approximate surface area is 204 Å². The fourth-order valence-corrected chi connectivity index (χ4v) is 5.28. The van der Waals surface area contributed by atoms with Gasteiger partial charge < -0.3 is 0 Å². The Morgan fingerprint density at radius 1 is 0.529 bits per heavy atom. The second kappa shape index (κ2) is 7.93. The number of benzene rings is 4. The molecule has 5 aromatic rings. The molecule has 6 rings (SSSR count). The van der Waals surface area contributed by atoms with Crippen molar-refractivity contribution in [2.75, 3.05) is 0 Å². The van der Waals surface area contributed by atoms with E-state index < -0.39 is 0 Å². The van der Waals surface area contributed by atoms with E-state index in [9.17, 15) is 0 Å². The number of hydrogen-bond donors (Lipinski definition) is 0. The highest BCUT2D eigenvalue weighted by Crippen LogP contribution is 2.49. The van der Waals surface area contributed by atoms with Gasteiger partial charge in [-0.3, -0.25) is 0 Å². The topological polar surface area (TPSA) is 25.8 Å². The normalized spacial score (nSPS) is 13.4. The number of halogens is 1. The Hall–Kier alpha value is -3.75. The van der Waals surface area contributed by atoms with Crippen LogP contribution in [0, 0.1) is 0 Å². The van der Waals surface area contributed by atoms with Gasteiger partial charge in [-0.25, -0.2) is 9.97 Å². The number of fused-ring (bicyclic) bond motifs is 3. The van der Waals surface area contributed by atoms with E-state index in [1.54, 1.807) is 0 Å². The number of hydrogen-bond acceptors (Lipinski definition) is 2. The third kappa shape index (κ3) is 3.26. The van der Waals surface area contributed by atoms with Crippen molar-refractivity contribution >= 4 is 11.6 Å². The van der Waals surface area contributed by atoms with Gasteiger partial charge in [0.15, 0.2) is 5.15 Å². The molecule has 0 bridgehead atoms. The van der Waals surface area contributed by atoms with Crippen LogP contribution in [-0.2, 0) is 5.41 Å². The van der Waals surface area contributed by atoms with Crippen LogP contribution < -0.4 is 0 Å². The highest BCUT2D eigenvalue weighted by molar-refractivity contribution is 6.32. The van der Waals surface area contributed by atoms with E-state index in [1.807, 2.05) is 48.5 Å². The lowest BCUT2D eigenvalue weighted by molar-refractivity contribution is 0.660. The molecular formula is C31H23ClN2. The summed E-state index contributed by atoms with van der Waals surface area (Å²) in [4.78, 5) is 9.99. The Morgan fingerprint density at radius 2 is 1.09 bits per heavy atom. The fraction of sp³-hybridized carbons (Fsp3) is 0.0968. The Bertz CT molecular complexity index is 1520. The molecule has 164 valence electrons. The highest BCUT2D eigenvalue weighted by atomic mass is 35.5. The summed E-state index contributed by atoms with van der Waals surface area (Å²) in [5, 5.41) is 0.405. The van der Waals surface area contributed by atoms with Crippen molar-refractivity contribution in [2.45, 2.75) is 19.3 Å². The first kappa shape index (κ1) is 20.8. The molecular weight excluding hydrogens is 436 g/mol. The van der Waals surface area contributed by atoms with Crippen LogP contribution in [-0.4, -0.2) is 9.97 Å². The Morgan fingerprint density at radius 3 is 1.79 bits per heavy atom. The molecule has 1 aromatic heterocycles. The lowest BCUT2D eigenvalue weighted by atomic mass is 9.81. The second-order valence-electron chi connectivity index (χ2n) is 9.22. The van der Waals surface area contributed by atoms with Crippen molar-refractivity contribution in [3.63, 3.8) is 0 Å². The lowest BCUT2D eigenvalue weighted by Crippen LogP contribution is -2.15. The molecule has 34 heavy (non-hydrogen) atoms. The van der Waals surface area contributed by atoms with Gasteiger partial charge in [0, 0.05) is 22.1 Å². The molecule has 1 aliphatic carbocycles. The first-order chi connectivity index (χ1) is 16.5. The smallest absolute Gasteiger partial charge is 0.156 e. The third-order valence-corrected chi connectivity index (χ3v) is 7.07. The summed E-state index contributed by atoms with van der Waals surface area (Å²) in [5.41, 5.74) is 10.5. The van der Waals surface area contributed by atoms with Crippen molar-refractivity contribution in [2.24, 2.45) is 0 Å². The van der Waals surface area contributed by atoms with Gasteiger partial charge in [-0.1, -0.05) is 123 Å². The molecule has 0 spiro atoms. The SMILES string of the molecule is CC1(C)c2ccccc2-c2ccc(-c3nc(-c4ccccc4)c(Cl)nc3-c3ccccc3)cc21. The monoisotopic (exact) mass is 458 g/mol. The fourth-order valence-electron chi connectivity index (χ4n) is 5.04. The molecule has 0 radical (unpaired) electrons. The van der Waals surface area contributed by atoms with E-state index in [0.717, 1.165) is 28.1 Å². The van der Waals surface area contributed by atoms with Crippen LogP contribution in [0.25, 0.3) is 44.9 Å². The molecule has 0 saturated carbocycles. The average molecular weight is 459 g/mol. The minimum atomic E-state index is -0.0863. The zero-order valence-corrected chi connectivity index (χ0v) is 19.8. The van der Waals surface area contributed by atoms with Crippen molar-refractivity contribution in [1.82, 2.24) is 9.97 Å². The quantitative estimate of drug-likeness (QED) is 0.271. The molecule has 0 aliphatic heterocycles. The van der Waals surface area contributed by atoms with Gasteiger partial charge in [-0.2, -0.15) is 0 Å². The van der Waals surface area contributed by atoms with Gasteiger partial charge >= 0.3 is 0 Å². The van der Waals surface area contributed by atoms with Gasteiger partial charge in [0.25, 0.3) is 0 Å². The van der Waals surface area contributed by atoms with E-state index in [1.165, 1.54) is 22.3 Å². The minimum absolute atomic E-state index is 0.0863. The summed E-state index contributed by atoms with van der Waals surface area (Å²) in [6.07, 6.45) is 0. The van der Waals surface area contributed by atoms with Gasteiger partial charge in [-0.05, 0) is 28.3 Å². The molecule has 0 unspecified atom stereocenters. The van der Waals surface area contributed by atoms with Crippen LogP contribution in [0.2, 0.25) is 5.15 Å². The zero-order chi connectivity index (χ0) is 23.3. The maximum atomic E-state index is 6.70. The second-order valence-corrected chi connectivity index (χ2v) is 9.58. The van der Waals surface area contributed by atoms with Gasteiger partial charge in [0.1, 0.15) is 5.69 Å². The molecule has 0 fully saturated rings. The largest absolute Gasteiger partial charge is 0.242 e. The standard InChI is InChI=1S/C31H23ClN2/c1-31(2)25-16-10-9-15-23(25)24-18-17-22(19-26(24)31)28-27(20-11-5-3-6-12-20)34-30(32)29(33-28)21-13-7-4-8-14-21/h3-19H,1-2H3. The highest BCUT2D eigenvalue weighted by Gasteiger charge is 2.35. The molecule has 0 amide bonds. The van der Waals surface area contributed by atoms with Gasteiger partial charge in [-0.15, -0.1) is 0 Å². The summed E-state index contributed by atoms with van der Waals surface area (Å²) in [7, 11) is 0. The Balaban J connectivity index is 1.60. The number of aromatic nitrogens is 2. The first-order valence-electron chi connectivity index (χ1n) is 11.5. The van der Waals surface area contributed by atoms with Crippen LogP contribution in [0.4, 0.5) is 0 Å². The molecule has 4 aromatic carbocycles. The Kier molecular flexibility index (Phi) is 4.86. The predicted octanol–water partition coefficient (Wildman–Crippen LogP) is 8.44. The van der Waals surface area contributed by atoms with Crippen LogP contribution in [0.5, 0.6) is 0 Å². The zero-order valence-electron chi connectivity index (χ0n) is 19.1. The summed E-state index contributed by atoms with van der Waals surface area (Å²) in [5.74, 6) is 0. The number of rotatable bonds is 3. The molecule has 1 heterocycles. The summed E-state index contributed by atoms with van der Waals surface area (Å²) in [6, 6.07) is 35.5. The molecule has 1 aliphatic rings. The summed E-state index contributed by atoms with van der Waals surface area (Å²) >= 11 is 6.70. The predicted molar refractivity (Wildman–Crippen MR) is 141 cm³/mol. The molecule has 0 atom stereocenters. The third-order valence-electron chi connectivity index (χ3n) is 6.80. The van der Waals surface area contributed by atoms with Crippen LogP contribution in [0.3, 0.4) is 0 Å². The van der Waals surface area contributed by atoms with Crippen LogP contribution >= 0.6 is 11.6 Å². The van der Waals surface area contributed by atoms with Crippen LogP contribution in [0.1, 0.15) is 25.0 Å². The molecule has 3 heteroatoms. The van der Waals surface area contributed by atoms with Gasteiger partial charge in [0.05, 0.1) is 11.4 Å². The summed E-state index contributed by atoms with van der Waals surface area (Å²) < 4.78 is 0. The van der Waals surface area contributed by atoms with Gasteiger partial charge in [0.2, 0.25) is 0 Å². The van der Waals surface area contributed by atoms with Crippen molar-refractivity contribution in [3.8, 4) is 44.9 Å². The molecule has 2 nitrogen and oxygen atoms in total.